The quantitative estimate of drug-likeness (QED) is 0.671. The van der Waals surface area contributed by atoms with E-state index in [4.69, 9.17) is 16.3 Å². The number of halogens is 1. The smallest absolute Gasteiger partial charge is 0.234 e. The van der Waals surface area contributed by atoms with Crippen molar-refractivity contribution in [1.29, 1.82) is 0 Å². The monoisotopic (exact) mass is 257 g/mol. The van der Waals surface area contributed by atoms with E-state index < -0.39 is 0 Å². The number of alkyl halides is 1. The molecule has 5 heteroatoms. The normalized spacial score (nSPS) is 10.3. The van der Waals surface area contributed by atoms with Crippen LogP contribution in [0.1, 0.15) is 26.7 Å². The highest BCUT2D eigenvalue weighted by atomic mass is 35.5. The molecule has 0 saturated carbocycles. The number of hydrogen-bond acceptors (Lipinski definition) is 4. The summed E-state index contributed by atoms with van der Waals surface area (Å²) in [5.41, 5.74) is 0. The van der Waals surface area contributed by atoms with Crippen LogP contribution >= 0.6 is 11.6 Å². The highest BCUT2D eigenvalue weighted by molar-refractivity contribution is 6.17. The molecular formula is C12H20ClN3O. The number of nitrogens with zero attached hydrogens (tertiary/aromatic N) is 3. The summed E-state index contributed by atoms with van der Waals surface area (Å²) in [4.78, 5) is 10.7. The molecule has 0 bridgehead atoms. The van der Waals surface area contributed by atoms with Crippen molar-refractivity contribution in [3.05, 3.63) is 12.4 Å². The molecule has 4 nitrogen and oxygen atoms in total. The summed E-state index contributed by atoms with van der Waals surface area (Å²) in [6, 6.07) is 0. The fraction of sp³-hybridized carbons (Fsp3) is 0.667. The zero-order valence-electron chi connectivity index (χ0n) is 10.5. The fourth-order valence-electron chi connectivity index (χ4n) is 1.45. The van der Waals surface area contributed by atoms with Crippen molar-refractivity contribution in [1.82, 2.24) is 9.97 Å². The van der Waals surface area contributed by atoms with Crippen molar-refractivity contribution in [3.63, 3.8) is 0 Å². The third kappa shape index (κ3) is 4.77. The average molecular weight is 258 g/mol. The Bertz CT molecular complexity index is 322. The number of anilines is 1. The first-order valence-electron chi connectivity index (χ1n) is 6.07. The molecule has 0 spiro atoms. The Balaban J connectivity index is 2.66. The maximum atomic E-state index is 5.70. The second-order valence-electron chi connectivity index (χ2n) is 3.69. The molecule has 0 saturated heterocycles. The maximum absolute atomic E-state index is 5.70. The van der Waals surface area contributed by atoms with Gasteiger partial charge in [0.15, 0.2) is 5.82 Å². The van der Waals surface area contributed by atoms with Crippen molar-refractivity contribution in [3.8, 4) is 5.88 Å². The Morgan fingerprint density at radius 2 is 2.18 bits per heavy atom. The lowest BCUT2D eigenvalue weighted by Crippen LogP contribution is -2.25. The Labute approximate surface area is 108 Å². The Morgan fingerprint density at radius 3 is 2.82 bits per heavy atom. The molecule has 0 fully saturated rings. The van der Waals surface area contributed by atoms with E-state index in [-0.39, 0.29) is 0 Å². The molecule has 0 unspecified atom stereocenters. The second kappa shape index (κ2) is 8.12. The number of ether oxygens (including phenoxy) is 1. The molecule has 1 aromatic rings. The van der Waals surface area contributed by atoms with Crippen LogP contribution in [0.15, 0.2) is 12.4 Å². The summed E-state index contributed by atoms with van der Waals surface area (Å²) in [5, 5.41) is 0. The third-order valence-corrected chi connectivity index (χ3v) is 2.59. The van der Waals surface area contributed by atoms with Crippen molar-refractivity contribution in [2.45, 2.75) is 26.7 Å². The van der Waals surface area contributed by atoms with E-state index in [1.807, 2.05) is 0 Å². The van der Waals surface area contributed by atoms with Gasteiger partial charge in [-0.3, -0.25) is 4.98 Å². The molecule has 1 aromatic heterocycles. The van der Waals surface area contributed by atoms with E-state index in [0.29, 0.717) is 18.4 Å². The first-order valence-corrected chi connectivity index (χ1v) is 6.61. The van der Waals surface area contributed by atoms with Gasteiger partial charge < -0.3 is 9.64 Å². The zero-order valence-corrected chi connectivity index (χ0v) is 11.3. The van der Waals surface area contributed by atoms with Crippen LogP contribution in [0.25, 0.3) is 0 Å². The number of rotatable bonds is 8. The SMILES string of the molecule is CCCOc1cncc(N(CC)CCCCl)n1. The van der Waals surface area contributed by atoms with Gasteiger partial charge in [-0.1, -0.05) is 6.92 Å². The Kier molecular flexibility index (Phi) is 6.70. The van der Waals surface area contributed by atoms with Gasteiger partial charge in [0.1, 0.15) is 0 Å². The molecule has 0 aliphatic rings. The fourth-order valence-corrected chi connectivity index (χ4v) is 1.57. The molecule has 96 valence electrons. The van der Waals surface area contributed by atoms with E-state index in [0.717, 1.165) is 31.7 Å². The third-order valence-electron chi connectivity index (χ3n) is 2.32. The number of hydrogen-bond donors (Lipinski definition) is 0. The van der Waals surface area contributed by atoms with Crippen LogP contribution in [0.3, 0.4) is 0 Å². The molecule has 0 amide bonds. The highest BCUT2D eigenvalue weighted by Gasteiger charge is 2.07. The van der Waals surface area contributed by atoms with Crippen LogP contribution in [0, 0.1) is 0 Å². The molecule has 0 atom stereocenters. The molecule has 0 aromatic carbocycles. The number of aromatic nitrogens is 2. The minimum Gasteiger partial charge on any atom is -0.477 e. The predicted molar refractivity (Wildman–Crippen MR) is 71.0 cm³/mol. The van der Waals surface area contributed by atoms with Crippen molar-refractivity contribution >= 4 is 17.4 Å². The Morgan fingerprint density at radius 1 is 1.35 bits per heavy atom. The zero-order chi connectivity index (χ0) is 12.5. The van der Waals surface area contributed by atoms with E-state index in [9.17, 15) is 0 Å². The highest BCUT2D eigenvalue weighted by Crippen LogP contribution is 2.14. The van der Waals surface area contributed by atoms with E-state index >= 15 is 0 Å². The van der Waals surface area contributed by atoms with Crippen molar-refractivity contribution in [2.75, 3.05) is 30.5 Å². The van der Waals surface area contributed by atoms with Crippen LogP contribution in [0.4, 0.5) is 5.82 Å². The minimum atomic E-state index is 0.591. The van der Waals surface area contributed by atoms with Gasteiger partial charge in [-0.05, 0) is 19.8 Å². The summed E-state index contributed by atoms with van der Waals surface area (Å²) >= 11 is 5.70. The van der Waals surface area contributed by atoms with Crippen LogP contribution in [0.5, 0.6) is 5.88 Å². The van der Waals surface area contributed by atoms with Crippen molar-refractivity contribution < 1.29 is 4.74 Å². The van der Waals surface area contributed by atoms with E-state index in [1.54, 1.807) is 12.4 Å². The first kappa shape index (κ1) is 14.0. The summed E-state index contributed by atoms with van der Waals surface area (Å²) in [5.74, 6) is 2.11. The molecule has 0 radical (unpaired) electrons. The van der Waals surface area contributed by atoms with Crippen molar-refractivity contribution in [2.24, 2.45) is 0 Å². The minimum absolute atomic E-state index is 0.591. The summed E-state index contributed by atoms with van der Waals surface area (Å²) in [6.45, 7) is 6.62. The van der Waals surface area contributed by atoms with Crippen LogP contribution in [0.2, 0.25) is 0 Å². The summed E-state index contributed by atoms with van der Waals surface area (Å²) in [7, 11) is 0. The Hall–Kier alpha value is -1.03. The van der Waals surface area contributed by atoms with Gasteiger partial charge >= 0.3 is 0 Å². The van der Waals surface area contributed by atoms with Gasteiger partial charge in [-0.15, -0.1) is 11.6 Å². The van der Waals surface area contributed by atoms with Gasteiger partial charge in [0, 0.05) is 19.0 Å². The summed E-state index contributed by atoms with van der Waals surface area (Å²) in [6.07, 6.45) is 5.32. The second-order valence-corrected chi connectivity index (χ2v) is 4.06. The van der Waals surface area contributed by atoms with Gasteiger partial charge in [-0.25, -0.2) is 0 Å². The van der Waals surface area contributed by atoms with Gasteiger partial charge in [-0.2, -0.15) is 4.98 Å². The summed E-state index contributed by atoms with van der Waals surface area (Å²) < 4.78 is 5.47. The molecular weight excluding hydrogens is 238 g/mol. The lowest BCUT2D eigenvalue weighted by atomic mass is 10.4. The standard InChI is InChI=1S/C12H20ClN3O/c1-3-8-17-12-10-14-9-11(15-12)16(4-2)7-5-6-13/h9-10H,3-8H2,1-2H3. The van der Waals surface area contributed by atoms with Gasteiger partial charge in [0.05, 0.1) is 19.0 Å². The van der Waals surface area contributed by atoms with Crippen LogP contribution in [-0.4, -0.2) is 35.5 Å². The van der Waals surface area contributed by atoms with Crippen LogP contribution < -0.4 is 9.64 Å². The lowest BCUT2D eigenvalue weighted by molar-refractivity contribution is 0.304. The molecule has 0 aliphatic heterocycles. The first-order chi connectivity index (χ1) is 8.31. The van der Waals surface area contributed by atoms with Gasteiger partial charge in [0.2, 0.25) is 5.88 Å². The average Bonchev–Trinajstić information content (AvgIpc) is 2.38. The maximum Gasteiger partial charge on any atom is 0.234 e. The largest absolute Gasteiger partial charge is 0.477 e. The van der Waals surface area contributed by atoms with E-state index in [1.165, 1.54) is 0 Å². The predicted octanol–water partition coefficient (Wildman–Crippen LogP) is 2.72. The lowest BCUT2D eigenvalue weighted by Gasteiger charge is -2.21. The van der Waals surface area contributed by atoms with Gasteiger partial charge in [0.25, 0.3) is 0 Å². The van der Waals surface area contributed by atoms with Crippen LogP contribution in [-0.2, 0) is 0 Å². The molecule has 0 N–H and O–H groups in total. The topological polar surface area (TPSA) is 38.2 Å². The van der Waals surface area contributed by atoms with E-state index in [2.05, 4.69) is 28.7 Å². The molecule has 1 rings (SSSR count). The molecule has 17 heavy (non-hydrogen) atoms. The molecule has 1 heterocycles. The molecule has 0 aliphatic carbocycles.